The molecule has 1 saturated heterocycles. The number of hydrogen-bond donors (Lipinski definition) is 1. The van der Waals surface area contributed by atoms with Gasteiger partial charge >= 0.3 is 0 Å². The Morgan fingerprint density at radius 2 is 2.18 bits per heavy atom. The normalized spacial score (nSPS) is 21.3. The largest absolute Gasteiger partial charge is 0.371 e. The van der Waals surface area contributed by atoms with Crippen LogP contribution in [0.5, 0.6) is 0 Å². The van der Waals surface area contributed by atoms with Gasteiger partial charge in [0.05, 0.1) is 6.04 Å². The topological polar surface area (TPSA) is 59.9 Å². The standard InChI is InChI=1S/C17H22N4O/c1-11(2)17-19-12(3)9-15(21-17)20-14-6-8-22-16(14)13-5-4-7-18-10-13/h4-5,7,9-11,14,16H,6,8H2,1-3H3,(H,19,20,21)/t14-,16+/m0/s1. The van der Waals surface area contributed by atoms with Crippen molar-refractivity contribution in [3.05, 3.63) is 47.7 Å². The van der Waals surface area contributed by atoms with Crippen LogP contribution in [0.15, 0.2) is 30.6 Å². The van der Waals surface area contributed by atoms with Crippen molar-refractivity contribution in [3.63, 3.8) is 0 Å². The molecule has 0 spiro atoms. The summed E-state index contributed by atoms with van der Waals surface area (Å²) >= 11 is 0. The summed E-state index contributed by atoms with van der Waals surface area (Å²) in [5.41, 5.74) is 2.09. The first-order valence-electron chi connectivity index (χ1n) is 7.77. The third-order valence-corrected chi connectivity index (χ3v) is 3.83. The van der Waals surface area contributed by atoms with E-state index in [0.29, 0.717) is 5.92 Å². The molecular weight excluding hydrogens is 276 g/mol. The fourth-order valence-corrected chi connectivity index (χ4v) is 2.72. The third-order valence-electron chi connectivity index (χ3n) is 3.83. The van der Waals surface area contributed by atoms with Crippen LogP contribution in [0.4, 0.5) is 5.82 Å². The molecule has 3 heterocycles. The molecule has 0 unspecified atom stereocenters. The van der Waals surface area contributed by atoms with Gasteiger partial charge in [-0.05, 0) is 19.4 Å². The minimum atomic E-state index is 0.0199. The molecule has 0 aliphatic carbocycles. The first-order valence-corrected chi connectivity index (χ1v) is 7.77. The van der Waals surface area contributed by atoms with E-state index >= 15 is 0 Å². The van der Waals surface area contributed by atoms with Crippen molar-refractivity contribution in [1.29, 1.82) is 0 Å². The highest BCUT2D eigenvalue weighted by atomic mass is 16.5. The van der Waals surface area contributed by atoms with Gasteiger partial charge in [0.25, 0.3) is 0 Å². The fourth-order valence-electron chi connectivity index (χ4n) is 2.72. The second kappa shape index (κ2) is 6.40. The van der Waals surface area contributed by atoms with Gasteiger partial charge in [0.15, 0.2) is 0 Å². The molecule has 1 N–H and O–H groups in total. The average molecular weight is 298 g/mol. The highest BCUT2D eigenvalue weighted by Gasteiger charge is 2.30. The van der Waals surface area contributed by atoms with E-state index in [-0.39, 0.29) is 12.1 Å². The summed E-state index contributed by atoms with van der Waals surface area (Å²) in [5, 5.41) is 3.52. The zero-order chi connectivity index (χ0) is 15.5. The number of pyridine rings is 1. The van der Waals surface area contributed by atoms with Crippen molar-refractivity contribution in [2.24, 2.45) is 0 Å². The maximum atomic E-state index is 5.89. The molecule has 116 valence electrons. The molecule has 5 heteroatoms. The van der Waals surface area contributed by atoms with Crippen LogP contribution in [0.25, 0.3) is 0 Å². The minimum absolute atomic E-state index is 0.0199. The monoisotopic (exact) mass is 298 g/mol. The number of anilines is 1. The van der Waals surface area contributed by atoms with E-state index in [4.69, 9.17) is 4.74 Å². The number of aryl methyl sites for hydroxylation is 1. The van der Waals surface area contributed by atoms with Crippen LogP contribution in [0.1, 0.15) is 49.4 Å². The molecule has 1 fully saturated rings. The summed E-state index contributed by atoms with van der Waals surface area (Å²) in [7, 11) is 0. The van der Waals surface area contributed by atoms with Crippen LogP contribution in [0.3, 0.4) is 0 Å². The Hall–Kier alpha value is -2.01. The SMILES string of the molecule is Cc1cc(N[C@H]2CCO[C@@H]2c2cccnc2)nc(C(C)C)n1. The lowest BCUT2D eigenvalue weighted by atomic mass is 10.0. The molecule has 22 heavy (non-hydrogen) atoms. The lowest BCUT2D eigenvalue weighted by Gasteiger charge is -2.21. The smallest absolute Gasteiger partial charge is 0.133 e. The zero-order valence-corrected chi connectivity index (χ0v) is 13.3. The second-order valence-electron chi connectivity index (χ2n) is 6.02. The highest BCUT2D eigenvalue weighted by Crippen LogP contribution is 2.31. The molecular formula is C17H22N4O. The lowest BCUT2D eigenvalue weighted by Crippen LogP contribution is -2.24. The van der Waals surface area contributed by atoms with Crippen molar-refractivity contribution >= 4 is 5.82 Å². The summed E-state index contributed by atoms with van der Waals surface area (Å²) in [4.78, 5) is 13.3. The molecule has 3 rings (SSSR count). The molecule has 0 saturated carbocycles. The van der Waals surface area contributed by atoms with Gasteiger partial charge in [0.1, 0.15) is 17.7 Å². The van der Waals surface area contributed by atoms with Crippen LogP contribution >= 0.6 is 0 Å². The molecule has 1 aliphatic heterocycles. The Bertz CT molecular complexity index is 630. The van der Waals surface area contributed by atoms with Gasteiger partial charge in [-0.3, -0.25) is 4.98 Å². The second-order valence-corrected chi connectivity index (χ2v) is 6.02. The number of ether oxygens (including phenoxy) is 1. The molecule has 2 aromatic heterocycles. The maximum absolute atomic E-state index is 5.89. The van der Waals surface area contributed by atoms with Gasteiger partial charge in [-0.15, -0.1) is 0 Å². The number of hydrogen-bond acceptors (Lipinski definition) is 5. The zero-order valence-electron chi connectivity index (χ0n) is 13.3. The van der Waals surface area contributed by atoms with E-state index in [0.717, 1.165) is 35.9 Å². The van der Waals surface area contributed by atoms with Crippen molar-refractivity contribution in [2.75, 3.05) is 11.9 Å². The van der Waals surface area contributed by atoms with Gasteiger partial charge in [0.2, 0.25) is 0 Å². The summed E-state index contributed by atoms with van der Waals surface area (Å²) < 4.78 is 5.89. The minimum Gasteiger partial charge on any atom is -0.371 e. The molecule has 0 amide bonds. The first kappa shape index (κ1) is 14.9. The van der Waals surface area contributed by atoms with E-state index in [1.54, 1.807) is 6.20 Å². The lowest BCUT2D eigenvalue weighted by molar-refractivity contribution is 0.107. The summed E-state index contributed by atoms with van der Waals surface area (Å²) in [6.07, 6.45) is 4.63. The fraction of sp³-hybridized carbons (Fsp3) is 0.471. The summed E-state index contributed by atoms with van der Waals surface area (Å²) in [5.74, 6) is 2.06. The van der Waals surface area contributed by atoms with Gasteiger partial charge < -0.3 is 10.1 Å². The molecule has 1 aliphatic rings. The van der Waals surface area contributed by atoms with E-state index in [2.05, 4.69) is 40.2 Å². The number of nitrogens with zero attached hydrogens (tertiary/aromatic N) is 3. The Labute approximate surface area is 131 Å². The van der Waals surface area contributed by atoms with Gasteiger partial charge in [-0.25, -0.2) is 9.97 Å². The predicted molar refractivity (Wildman–Crippen MR) is 85.8 cm³/mol. The van der Waals surface area contributed by atoms with E-state index in [1.165, 1.54) is 0 Å². The summed E-state index contributed by atoms with van der Waals surface area (Å²) in [6.45, 7) is 6.96. The quantitative estimate of drug-likeness (QED) is 0.939. The Balaban J connectivity index is 1.80. The van der Waals surface area contributed by atoms with Crippen LogP contribution in [0.2, 0.25) is 0 Å². The van der Waals surface area contributed by atoms with Crippen LogP contribution in [0, 0.1) is 6.92 Å². The van der Waals surface area contributed by atoms with E-state index < -0.39 is 0 Å². The molecule has 0 bridgehead atoms. The molecule has 0 aromatic carbocycles. The van der Waals surface area contributed by atoms with Crippen LogP contribution in [-0.4, -0.2) is 27.6 Å². The molecule has 0 radical (unpaired) electrons. The van der Waals surface area contributed by atoms with Crippen molar-refractivity contribution in [2.45, 2.75) is 45.3 Å². The maximum Gasteiger partial charge on any atom is 0.133 e. The van der Waals surface area contributed by atoms with Crippen molar-refractivity contribution in [1.82, 2.24) is 15.0 Å². The number of rotatable bonds is 4. The Kier molecular flexibility index (Phi) is 4.34. The molecule has 5 nitrogen and oxygen atoms in total. The molecule has 2 atom stereocenters. The van der Waals surface area contributed by atoms with Crippen LogP contribution in [-0.2, 0) is 4.74 Å². The average Bonchev–Trinajstić information content (AvgIpc) is 2.95. The van der Waals surface area contributed by atoms with E-state index in [9.17, 15) is 0 Å². The van der Waals surface area contributed by atoms with Gasteiger partial charge in [-0.2, -0.15) is 0 Å². The Morgan fingerprint density at radius 3 is 2.91 bits per heavy atom. The third kappa shape index (κ3) is 3.25. The highest BCUT2D eigenvalue weighted by molar-refractivity contribution is 5.39. The van der Waals surface area contributed by atoms with Crippen LogP contribution < -0.4 is 5.32 Å². The van der Waals surface area contributed by atoms with E-state index in [1.807, 2.05) is 25.3 Å². The number of nitrogens with one attached hydrogen (secondary N) is 1. The van der Waals surface area contributed by atoms with Gasteiger partial charge in [-0.1, -0.05) is 19.9 Å². The summed E-state index contributed by atoms with van der Waals surface area (Å²) in [6, 6.07) is 6.20. The number of aromatic nitrogens is 3. The molecule has 2 aromatic rings. The van der Waals surface area contributed by atoms with Crippen molar-refractivity contribution < 1.29 is 4.74 Å². The van der Waals surface area contributed by atoms with Gasteiger partial charge in [0, 0.05) is 42.2 Å². The predicted octanol–water partition coefficient (Wildman–Crippen LogP) is 3.25. The first-order chi connectivity index (χ1) is 10.6. The van der Waals surface area contributed by atoms with Crippen molar-refractivity contribution in [3.8, 4) is 0 Å². The Morgan fingerprint density at radius 1 is 1.32 bits per heavy atom.